The van der Waals surface area contributed by atoms with Crippen molar-refractivity contribution in [2.45, 2.75) is 95.9 Å². The number of unbranched alkanes of at least 4 members (excludes halogenated alkanes) is 2. The maximum Gasteiger partial charge on any atom is 0.407 e. The number of alkyl carbamates (subject to hydrolysis) is 1. The number of amides is 4. The molecule has 2 rings (SSSR count). The van der Waals surface area contributed by atoms with Gasteiger partial charge >= 0.3 is 18.1 Å². The fraction of sp³-hybridized carbons (Fsp3) is 0.643. The summed E-state index contributed by atoms with van der Waals surface area (Å²) in [5.74, 6) is -1.07. The molecule has 1 fully saturated rings. The van der Waals surface area contributed by atoms with Gasteiger partial charge in [-0.25, -0.2) is 14.4 Å². The monoisotopic (exact) mass is 547 g/mol. The molecular weight excluding hydrogens is 502 g/mol. The topological polar surface area (TPSA) is 172 Å². The first-order chi connectivity index (χ1) is 18.8. The van der Waals surface area contributed by atoms with Gasteiger partial charge in [-0.3, -0.25) is 4.79 Å². The Kier molecular flexibility index (Phi) is 14.7. The molecule has 4 atom stereocenters. The third kappa shape index (κ3) is 12.8. The first-order valence-electron chi connectivity index (χ1n) is 14.0. The highest BCUT2D eigenvalue weighted by molar-refractivity contribution is 5.88. The van der Waals surface area contributed by atoms with Crippen molar-refractivity contribution >= 4 is 24.0 Å². The zero-order chi connectivity index (χ0) is 28.5. The molecule has 0 heterocycles. The minimum absolute atomic E-state index is 0.0442. The second kappa shape index (κ2) is 18.0. The van der Waals surface area contributed by atoms with E-state index in [2.05, 4.69) is 28.2 Å². The van der Waals surface area contributed by atoms with E-state index in [1.165, 1.54) is 0 Å². The van der Waals surface area contributed by atoms with Crippen LogP contribution in [0.15, 0.2) is 30.3 Å². The number of carboxylic acid groups (broad SMARTS) is 1. The number of carbonyl (C=O) groups excluding carboxylic acids is 3. The molecule has 0 spiro atoms. The van der Waals surface area contributed by atoms with E-state index in [9.17, 15) is 24.3 Å². The quantitative estimate of drug-likeness (QED) is 0.173. The average Bonchev–Trinajstić information content (AvgIpc) is 2.92. The summed E-state index contributed by atoms with van der Waals surface area (Å²) in [6.07, 6.45) is 6.54. The van der Waals surface area contributed by atoms with Crippen LogP contribution in [-0.4, -0.2) is 60.3 Å². The molecule has 0 radical (unpaired) electrons. The van der Waals surface area contributed by atoms with Crippen LogP contribution in [0.25, 0.3) is 0 Å². The van der Waals surface area contributed by atoms with Crippen LogP contribution in [-0.2, 0) is 20.9 Å². The molecule has 0 aliphatic heterocycles. The number of nitrogens with two attached hydrogens (primary N) is 1. The summed E-state index contributed by atoms with van der Waals surface area (Å²) in [7, 11) is 0. The number of hydrogen-bond acceptors (Lipinski definition) is 6. The number of benzene rings is 1. The van der Waals surface area contributed by atoms with E-state index in [-0.39, 0.29) is 25.0 Å². The minimum atomic E-state index is -1.13. The van der Waals surface area contributed by atoms with Gasteiger partial charge in [0.25, 0.3) is 0 Å². The average molecular weight is 548 g/mol. The molecule has 7 N–H and O–H groups in total. The van der Waals surface area contributed by atoms with Gasteiger partial charge in [0.15, 0.2) is 0 Å². The fourth-order valence-electron chi connectivity index (χ4n) is 4.63. The minimum Gasteiger partial charge on any atom is -0.480 e. The van der Waals surface area contributed by atoms with Crippen LogP contribution in [0.5, 0.6) is 0 Å². The lowest BCUT2D eigenvalue weighted by Gasteiger charge is -2.31. The molecule has 11 heteroatoms. The Morgan fingerprint density at radius 1 is 0.974 bits per heavy atom. The van der Waals surface area contributed by atoms with Gasteiger partial charge in [-0.1, -0.05) is 50.1 Å². The molecule has 0 bridgehead atoms. The third-order valence-electron chi connectivity index (χ3n) is 7.01. The first-order valence-corrected chi connectivity index (χ1v) is 14.0. The van der Waals surface area contributed by atoms with Crippen molar-refractivity contribution in [1.29, 1.82) is 0 Å². The lowest BCUT2D eigenvalue weighted by Crippen LogP contribution is -2.55. The Morgan fingerprint density at radius 2 is 1.64 bits per heavy atom. The Bertz CT molecular complexity index is 900. The van der Waals surface area contributed by atoms with Crippen LogP contribution >= 0.6 is 0 Å². The highest BCUT2D eigenvalue weighted by Gasteiger charge is 2.28. The van der Waals surface area contributed by atoms with Crippen LogP contribution in [0.3, 0.4) is 0 Å². The molecule has 4 amide bonds. The van der Waals surface area contributed by atoms with E-state index < -0.39 is 30.2 Å². The van der Waals surface area contributed by atoms with Gasteiger partial charge < -0.3 is 36.8 Å². The summed E-state index contributed by atoms with van der Waals surface area (Å²) in [6, 6.07) is 6.82. The molecule has 0 aromatic heterocycles. The highest BCUT2D eigenvalue weighted by atomic mass is 16.5. The van der Waals surface area contributed by atoms with E-state index >= 15 is 0 Å². The van der Waals surface area contributed by atoms with Gasteiger partial charge in [0.1, 0.15) is 18.7 Å². The normalized spacial score (nSPS) is 18.3. The number of hydrogen-bond donors (Lipinski definition) is 6. The Morgan fingerprint density at radius 3 is 2.33 bits per heavy atom. The number of aliphatic carboxylic acids is 1. The molecule has 1 aliphatic carbocycles. The fourth-order valence-corrected chi connectivity index (χ4v) is 4.63. The van der Waals surface area contributed by atoms with Gasteiger partial charge in [0.2, 0.25) is 5.91 Å². The standard InChI is InChI=1S/C28H45N5O6/c1-20-11-5-6-14-22(20)31-25(34)23(32-27(37)33-24(26(35)36)16-7-9-17-29)15-8-10-18-30-28(38)39-19-21-12-3-2-4-13-21/h2-4,12-13,20,22-24H,5-11,14-19,29H2,1H3,(H,30,38)(H,31,34)(H,35,36)(H2,32,33,37)/t20?,22?,23-,24+/m1/s1. The summed E-state index contributed by atoms with van der Waals surface area (Å²) in [4.78, 5) is 49.3. The maximum absolute atomic E-state index is 13.1. The zero-order valence-electron chi connectivity index (χ0n) is 23.0. The van der Waals surface area contributed by atoms with Crippen molar-refractivity contribution in [2.75, 3.05) is 13.1 Å². The second-order valence-corrected chi connectivity index (χ2v) is 10.2. The molecule has 11 nitrogen and oxygen atoms in total. The predicted molar refractivity (Wildman–Crippen MR) is 148 cm³/mol. The van der Waals surface area contributed by atoms with Crippen molar-refractivity contribution in [1.82, 2.24) is 21.3 Å². The maximum atomic E-state index is 13.1. The molecular formula is C28H45N5O6. The molecule has 218 valence electrons. The smallest absolute Gasteiger partial charge is 0.407 e. The van der Waals surface area contributed by atoms with E-state index in [4.69, 9.17) is 10.5 Å². The number of nitrogens with one attached hydrogen (secondary N) is 4. The lowest BCUT2D eigenvalue weighted by molar-refractivity contribution is -0.139. The molecule has 1 aromatic carbocycles. The Balaban J connectivity index is 1.85. The molecule has 0 saturated heterocycles. The van der Waals surface area contributed by atoms with E-state index in [1.54, 1.807) is 0 Å². The number of urea groups is 1. The number of ether oxygens (including phenoxy) is 1. The van der Waals surface area contributed by atoms with Crippen LogP contribution in [0.1, 0.15) is 76.7 Å². The van der Waals surface area contributed by atoms with Crippen LogP contribution in [0, 0.1) is 5.92 Å². The van der Waals surface area contributed by atoms with Crippen molar-refractivity contribution in [3.8, 4) is 0 Å². The van der Waals surface area contributed by atoms with Crippen LogP contribution in [0.4, 0.5) is 9.59 Å². The largest absolute Gasteiger partial charge is 0.480 e. The van der Waals surface area contributed by atoms with Crippen LogP contribution in [0.2, 0.25) is 0 Å². The Labute approximate surface area is 231 Å². The van der Waals surface area contributed by atoms with Gasteiger partial charge in [0, 0.05) is 12.6 Å². The summed E-state index contributed by atoms with van der Waals surface area (Å²) in [5.41, 5.74) is 6.37. The SMILES string of the molecule is CC1CCCCC1NC(=O)[C@@H](CCCCNC(=O)OCc1ccccc1)NC(=O)N[C@@H](CCCCN)C(=O)O. The van der Waals surface area contributed by atoms with Crippen molar-refractivity contribution in [2.24, 2.45) is 11.7 Å². The molecule has 1 aromatic rings. The van der Waals surface area contributed by atoms with Gasteiger partial charge in [-0.15, -0.1) is 0 Å². The van der Waals surface area contributed by atoms with Gasteiger partial charge in [0.05, 0.1) is 0 Å². The summed E-state index contributed by atoms with van der Waals surface area (Å²) in [6.45, 7) is 3.09. The summed E-state index contributed by atoms with van der Waals surface area (Å²) < 4.78 is 5.20. The number of rotatable bonds is 16. The number of carbonyl (C=O) groups is 4. The van der Waals surface area contributed by atoms with E-state index in [0.717, 1.165) is 31.2 Å². The lowest BCUT2D eigenvalue weighted by atomic mass is 9.85. The van der Waals surface area contributed by atoms with Crippen LogP contribution < -0.4 is 27.0 Å². The van der Waals surface area contributed by atoms with Gasteiger partial charge in [-0.05, 0) is 69.4 Å². The molecule has 1 saturated carbocycles. The third-order valence-corrected chi connectivity index (χ3v) is 7.01. The zero-order valence-corrected chi connectivity index (χ0v) is 23.0. The first kappa shape index (κ1) is 31.9. The number of carboxylic acids is 1. The van der Waals surface area contributed by atoms with Crippen molar-refractivity contribution in [3.63, 3.8) is 0 Å². The molecule has 39 heavy (non-hydrogen) atoms. The predicted octanol–water partition coefficient (Wildman–Crippen LogP) is 3.03. The van der Waals surface area contributed by atoms with E-state index in [1.807, 2.05) is 30.3 Å². The molecule has 1 aliphatic rings. The van der Waals surface area contributed by atoms with Crippen molar-refractivity contribution in [3.05, 3.63) is 35.9 Å². The van der Waals surface area contributed by atoms with Crippen molar-refractivity contribution < 1.29 is 29.0 Å². The summed E-state index contributed by atoms with van der Waals surface area (Å²) >= 11 is 0. The second-order valence-electron chi connectivity index (χ2n) is 10.2. The van der Waals surface area contributed by atoms with E-state index in [0.29, 0.717) is 51.1 Å². The Hall–Kier alpha value is -3.34. The molecule has 2 unspecified atom stereocenters. The summed E-state index contributed by atoms with van der Waals surface area (Å²) in [5, 5.41) is 20.4. The van der Waals surface area contributed by atoms with Gasteiger partial charge in [-0.2, -0.15) is 0 Å². The highest BCUT2D eigenvalue weighted by Crippen LogP contribution is 2.24.